The van der Waals surface area contributed by atoms with Gasteiger partial charge in [0.2, 0.25) is 0 Å². The highest BCUT2D eigenvalue weighted by Crippen LogP contribution is 2.21. The summed E-state index contributed by atoms with van der Waals surface area (Å²) in [6.07, 6.45) is 3.54. The second kappa shape index (κ2) is 7.42. The molecule has 0 aromatic carbocycles. The monoisotopic (exact) mass is 308 g/mol. The number of thiophene rings is 1. The molecule has 0 unspecified atom stereocenters. The van der Waals surface area contributed by atoms with Crippen LogP contribution in [-0.4, -0.2) is 28.8 Å². The third kappa shape index (κ3) is 3.82. The number of pyridine rings is 1. The molecule has 0 bridgehead atoms. The van der Waals surface area contributed by atoms with Crippen molar-refractivity contribution in [3.05, 3.63) is 46.3 Å². The van der Waals surface area contributed by atoms with Crippen molar-refractivity contribution in [2.45, 2.75) is 17.6 Å². The molecule has 4 nitrogen and oxygen atoms in total. The van der Waals surface area contributed by atoms with Gasteiger partial charge in [0.05, 0.1) is 11.7 Å². The molecule has 2 heterocycles. The highest BCUT2D eigenvalue weighted by molar-refractivity contribution is 7.98. The van der Waals surface area contributed by atoms with Crippen LogP contribution in [0.2, 0.25) is 0 Å². The Hall–Kier alpha value is -1.37. The molecule has 6 heteroatoms. The molecule has 2 aromatic rings. The Kier molecular flexibility index (Phi) is 5.58. The topological polar surface area (TPSA) is 62.2 Å². The van der Waals surface area contributed by atoms with E-state index in [1.54, 1.807) is 18.3 Å². The first kappa shape index (κ1) is 15.0. The van der Waals surface area contributed by atoms with Crippen LogP contribution in [0.5, 0.6) is 0 Å². The normalized spacial score (nSPS) is 12.1. The number of hydrogen-bond donors (Lipinski definition) is 2. The van der Waals surface area contributed by atoms with Crippen molar-refractivity contribution in [1.82, 2.24) is 10.3 Å². The average molecular weight is 308 g/mol. The van der Waals surface area contributed by atoms with Crippen LogP contribution >= 0.6 is 23.1 Å². The molecule has 0 aliphatic rings. The second-order valence-corrected chi connectivity index (χ2v) is 5.91. The number of carbonyl (C=O) groups excluding carboxylic acids is 1. The molecule has 1 amide bonds. The zero-order valence-corrected chi connectivity index (χ0v) is 12.7. The van der Waals surface area contributed by atoms with Crippen molar-refractivity contribution >= 4 is 29.0 Å². The van der Waals surface area contributed by atoms with Gasteiger partial charge in [0, 0.05) is 17.6 Å². The Morgan fingerprint density at radius 2 is 2.35 bits per heavy atom. The third-order valence-corrected chi connectivity index (χ3v) is 4.47. The molecule has 0 saturated carbocycles. The molecular weight excluding hydrogens is 292 g/mol. The molecule has 20 heavy (non-hydrogen) atoms. The van der Waals surface area contributed by atoms with Crippen molar-refractivity contribution in [2.75, 3.05) is 12.8 Å². The SMILES string of the molecule is CSc1ncccc1C(=O)NCC[C@H](O)c1cccs1. The quantitative estimate of drug-likeness (QED) is 0.806. The minimum Gasteiger partial charge on any atom is -0.388 e. The zero-order valence-electron chi connectivity index (χ0n) is 11.1. The Balaban J connectivity index is 1.86. The molecular formula is C14H16N2O2S2. The van der Waals surface area contributed by atoms with Gasteiger partial charge >= 0.3 is 0 Å². The first-order valence-corrected chi connectivity index (χ1v) is 8.31. The molecule has 0 aliphatic carbocycles. The molecule has 0 saturated heterocycles. The number of nitrogens with zero attached hydrogens (tertiary/aromatic N) is 1. The predicted molar refractivity (Wildman–Crippen MR) is 82.2 cm³/mol. The summed E-state index contributed by atoms with van der Waals surface area (Å²) < 4.78 is 0. The fourth-order valence-electron chi connectivity index (χ4n) is 1.77. The Bertz CT molecular complexity index is 558. The number of amides is 1. The van der Waals surface area contributed by atoms with Crippen LogP contribution in [0, 0.1) is 0 Å². The molecule has 2 aromatic heterocycles. The zero-order chi connectivity index (χ0) is 14.4. The number of aromatic nitrogens is 1. The van der Waals surface area contributed by atoms with E-state index in [1.165, 1.54) is 23.1 Å². The Morgan fingerprint density at radius 1 is 1.50 bits per heavy atom. The minimum atomic E-state index is -0.524. The van der Waals surface area contributed by atoms with Crippen LogP contribution in [0.25, 0.3) is 0 Å². The van der Waals surface area contributed by atoms with Crippen LogP contribution in [0.4, 0.5) is 0 Å². The molecule has 1 atom stereocenters. The molecule has 2 N–H and O–H groups in total. The summed E-state index contributed by atoms with van der Waals surface area (Å²) in [5.41, 5.74) is 0.575. The molecule has 0 aliphatic heterocycles. The molecule has 0 spiro atoms. The van der Waals surface area contributed by atoms with E-state index in [4.69, 9.17) is 0 Å². The smallest absolute Gasteiger partial charge is 0.254 e. The van der Waals surface area contributed by atoms with E-state index in [0.717, 1.165) is 4.88 Å². The first-order chi connectivity index (χ1) is 9.72. The van der Waals surface area contributed by atoms with Gasteiger partial charge in [0.15, 0.2) is 0 Å². The maximum Gasteiger partial charge on any atom is 0.254 e. The standard InChI is InChI=1S/C14H16N2O2S2/c1-19-14-10(4-2-7-16-14)13(18)15-8-6-11(17)12-5-3-9-20-12/h2-5,7,9,11,17H,6,8H2,1H3,(H,15,18)/t11-/m0/s1. The van der Waals surface area contributed by atoms with Gasteiger partial charge in [-0.1, -0.05) is 6.07 Å². The van der Waals surface area contributed by atoms with Gasteiger partial charge in [-0.3, -0.25) is 4.79 Å². The van der Waals surface area contributed by atoms with Crippen LogP contribution in [0.15, 0.2) is 40.9 Å². The van der Waals surface area contributed by atoms with Crippen LogP contribution < -0.4 is 5.32 Å². The van der Waals surface area contributed by atoms with Gasteiger partial charge in [0.25, 0.3) is 5.91 Å². The van der Waals surface area contributed by atoms with Crippen LogP contribution in [0.1, 0.15) is 27.8 Å². The summed E-state index contributed by atoms with van der Waals surface area (Å²) in [6.45, 7) is 0.431. The lowest BCUT2D eigenvalue weighted by molar-refractivity contribution is 0.0939. The van der Waals surface area contributed by atoms with Crippen molar-refractivity contribution in [3.63, 3.8) is 0 Å². The fraction of sp³-hybridized carbons (Fsp3) is 0.286. The number of thioether (sulfide) groups is 1. The van der Waals surface area contributed by atoms with Gasteiger partial charge in [-0.05, 0) is 36.3 Å². The summed E-state index contributed by atoms with van der Waals surface area (Å²) in [7, 11) is 0. The van der Waals surface area contributed by atoms with Crippen molar-refractivity contribution in [2.24, 2.45) is 0 Å². The van der Waals surface area contributed by atoms with Crippen LogP contribution in [-0.2, 0) is 0 Å². The fourth-order valence-corrected chi connectivity index (χ4v) is 3.06. The Morgan fingerprint density at radius 3 is 3.05 bits per heavy atom. The lowest BCUT2D eigenvalue weighted by atomic mass is 10.2. The molecule has 2 rings (SSSR count). The highest BCUT2D eigenvalue weighted by Gasteiger charge is 2.13. The van der Waals surface area contributed by atoms with E-state index in [1.807, 2.05) is 23.8 Å². The van der Waals surface area contributed by atoms with E-state index in [0.29, 0.717) is 23.6 Å². The van der Waals surface area contributed by atoms with Crippen molar-refractivity contribution in [1.29, 1.82) is 0 Å². The molecule has 0 fully saturated rings. The minimum absolute atomic E-state index is 0.152. The predicted octanol–water partition coefficient (Wildman–Crippen LogP) is 2.72. The summed E-state index contributed by atoms with van der Waals surface area (Å²) in [5.74, 6) is -0.152. The highest BCUT2D eigenvalue weighted by atomic mass is 32.2. The maximum absolute atomic E-state index is 12.0. The number of rotatable bonds is 6. The average Bonchev–Trinajstić information content (AvgIpc) is 3.01. The number of nitrogens with one attached hydrogen (secondary N) is 1. The maximum atomic E-state index is 12.0. The largest absolute Gasteiger partial charge is 0.388 e. The van der Waals surface area contributed by atoms with Gasteiger partial charge in [0.1, 0.15) is 5.03 Å². The van der Waals surface area contributed by atoms with Crippen molar-refractivity contribution < 1.29 is 9.90 Å². The van der Waals surface area contributed by atoms with Gasteiger partial charge in [-0.25, -0.2) is 4.98 Å². The third-order valence-electron chi connectivity index (χ3n) is 2.78. The van der Waals surface area contributed by atoms with E-state index in [-0.39, 0.29) is 5.91 Å². The number of carbonyl (C=O) groups is 1. The van der Waals surface area contributed by atoms with Crippen molar-refractivity contribution in [3.8, 4) is 0 Å². The summed E-state index contributed by atoms with van der Waals surface area (Å²) >= 11 is 2.96. The molecule has 0 radical (unpaired) electrons. The van der Waals surface area contributed by atoms with E-state index >= 15 is 0 Å². The van der Waals surface area contributed by atoms with Gasteiger partial charge in [-0.2, -0.15) is 0 Å². The van der Waals surface area contributed by atoms with Gasteiger partial charge in [-0.15, -0.1) is 23.1 Å². The van der Waals surface area contributed by atoms with E-state index in [9.17, 15) is 9.90 Å². The second-order valence-electron chi connectivity index (χ2n) is 4.14. The summed E-state index contributed by atoms with van der Waals surface area (Å²) in [4.78, 5) is 17.1. The number of aliphatic hydroxyl groups is 1. The lowest BCUT2D eigenvalue weighted by Crippen LogP contribution is -2.26. The first-order valence-electron chi connectivity index (χ1n) is 6.21. The summed E-state index contributed by atoms with van der Waals surface area (Å²) in [6, 6.07) is 7.30. The number of hydrogen-bond acceptors (Lipinski definition) is 5. The van der Waals surface area contributed by atoms with Crippen LogP contribution in [0.3, 0.4) is 0 Å². The van der Waals surface area contributed by atoms with Gasteiger partial charge < -0.3 is 10.4 Å². The molecule has 106 valence electrons. The Labute approximate surface area is 126 Å². The number of aliphatic hydroxyl groups excluding tert-OH is 1. The van der Waals surface area contributed by atoms with E-state index < -0.39 is 6.10 Å². The summed E-state index contributed by atoms with van der Waals surface area (Å²) in [5, 5.41) is 15.4. The lowest BCUT2D eigenvalue weighted by Gasteiger charge is -2.10. The van der Waals surface area contributed by atoms with E-state index in [2.05, 4.69) is 10.3 Å².